The molecule has 1 nitrogen and oxygen atoms in total. The van der Waals surface area contributed by atoms with Crippen molar-refractivity contribution in [3.63, 3.8) is 0 Å². The van der Waals surface area contributed by atoms with E-state index in [1.165, 1.54) is 12.1 Å². The van der Waals surface area contributed by atoms with E-state index in [2.05, 4.69) is 0 Å². The summed E-state index contributed by atoms with van der Waals surface area (Å²) in [5.74, 6) is 0. The average Bonchev–Trinajstić information content (AvgIpc) is 1.99. The highest BCUT2D eigenvalue weighted by Gasteiger charge is 2.46. The third kappa shape index (κ3) is 2.65. The number of hydrogen-bond donors (Lipinski definition) is 0. The van der Waals surface area contributed by atoms with Crippen LogP contribution in [0.4, 0.5) is 13.2 Å². The lowest BCUT2D eigenvalue weighted by Gasteiger charge is -2.12. The molecule has 0 aromatic heterocycles. The first-order valence-electron chi connectivity index (χ1n) is 3.87. The van der Waals surface area contributed by atoms with Gasteiger partial charge in [0, 0.05) is 0 Å². The summed E-state index contributed by atoms with van der Waals surface area (Å²) in [6, 6.07) is 4.31. The highest BCUT2D eigenvalue weighted by molar-refractivity contribution is 7.92. The van der Waals surface area contributed by atoms with Gasteiger partial charge in [0.05, 0.1) is 11.2 Å². The standard InChI is InChI=1S/C9H9F3OS/c1-6-3-7(2)5-8(4-6)14(13)9(10,11)12/h3-5H,1-2H3. The molecule has 0 amide bonds. The van der Waals surface area contributed by atoms with Crippen molar-refractivity contribution in [3.05, 3.63) is 29.3 Å². The van der Waals surface area contributed by atoms with Gasteiger partial charge < -0.3 is 4.55 Å². The summed E-state index contributed by atoms with van der Waals surface area (Å²) in [7, 11) is 0. The van der Waals surface area contributed by atoms with Crippen molar-refractivity contribution in [3.8, 4) is 0 Å². The number of aryl methyl sites for hydroxylation is 2. The van der Waals surface area contributed by atoms with Crippen LogP contribution in [-0.2, 0) is 11.2 Å². The van der Waals surface area contributed by atoms with Gasteiger partial charge in [-0.3, -0.25) is 0 Å². The van der Waals surface area contributed by atoms with Gasteiger partial charge in [-0.25, -0.2) is 0 Å². The van der Waals surface area contributed by atoms with E-state index in [9.17, 15) is 17.7 Å². The number of halogens is 3. The van der Waals surface area contributed by atoms with E-state index in [4.69, 9.17) is 0 Å². The number of hydrogen-bond acceptors (Lipinski definition) is 1. The SMILES string of the molecule is Cc1cc(C)cc([S+]([O-])C(F)(F)F)c1. The first-order valence-corrected chi connectivity index (χ1v) is 5.02. The van der Waals surface area contributed by atoms with E-state index in [0.29, 0.717) is 11.1 Å². The molecule has 0 spiro atoms. The molecule has 0 aliphatic rings. The molecular formula is C9H9F3OS. The fourth-order valence-corrected chi connectivity index (χ4v) is 2.03. The third-order valence-corrected chi connectivity index (χ3v) is 2.70. The highest BCUT2D eigenvalue weighted by atomic mass is 32.2. The van der Waals surface area contributed by atoms with Crippen molar-refractivity contribution in [2.45, 2.75) is 24.3 Å². The van der Waals surface area contributed by atoms with E-state index >= 15 is 0 Å². The van der Waals surface area contributed by atoms with Crippen LogP contribution in [0.25, 0.3) is 0 Å². The van der Waals surface area contributed by atoms with Crippen LogP contribution in [0.5, 0.6) is 0 Å². The number of benzene rings is 1. The van der Waals surface area contributed by atoms with Gasteiger partial charge in [-0.2, -0.15) is 0 Å². The highest BCUT2D eigenvalue weighted by Crippen LogP contribution is 2.30. The van der Waals surface area contributed by atoms with Gasteiger partial charge in [-0.1, -0.05) is 6.07 Å². The van der Waals surface area contributed by atoms with Crippen LogP contribution in [0.15, 0.2) is 23.1 Å². The van der Waals surface area contributed by atoms with E-state index < -0.39 is 16.7 Å². The summed E-state index contributed by atoms with van der Waals surface area (Å²) in [5, 5.41) is 0. The molecule has 0 aliphatic heterocycles. The van der Waals surface area contributed by atoms with Gasteiger partial charge in [0.2, 0.25) is 0 Å². The normalized spacial score (nSPS) is 14.1. The lowest BCUT2D eigenvalue weighted by molar-refractivity contribution is -0.0435. The Morgan fingerprint density at radius 2 is 1.50 bits per heavy atom. The van der Waals surface area contributed by atoms with Crippen LogP contribution in [0, 0.1) is 13.8 Å². The van der Waals surface area contributed by atoms with Crippen LogP contribution in [0.3, 0.4) is 0 Å². The topological polar surface area (TPSA) is 23.1 Å². The summed E-state index contributed by atoms with van der Waals surface area (Å²) >= 11 is -2.92. The molecule has 0 saturated heterocycles. The summed E-state index contributed by atoms with van der Waals surface area (Å²) in [5.41, 5.74) is -3.32. The van der Waals surface area contributed by atoms with Crippen LogP contribution in [-0.4, -0.2) is 10.1 Å². The molecule has 1 aromatic rings. The molecule has 0 radical (unpaired) electrons. The van der Waals surface area contributed by atoms with Gasteiger partial charge in [-0.15, -0.1) is 13.2 Å². The van der Waals surface area contributed by atoms with Crippen LogP contribution in [0.1, 0.15) is 11.1 Å². The van der Waals surface area contributed by atoms with E-state index in [1.54, 1.807) is 19.9 Å². The molecule has 1 unspecified atom stereocenters. The summed E-state index contributed by atoms with van der Waals surface area (Å²) in [4.78, 5) is -0.185. The van der Waals surface area contributed by atoms with Gasteiger partial charge in [0.25, 0.3) is 0 Å². The summed E-state index contributed by atoms with van der Waals surface area (Å²) < 4.78 is 47.3. The fourth-order valence-electron chi connectivity index (χ4n) is 1.17. The average molecular weight is 222 g/mol. The Morgan fingerprint density at radius 1 is 1.07 bits per heavy atom. The van der Waals surface area contributed by atoms with Gasteiger partial charge in [-0.05, 0) is 37.1 Å². The van der Waals surface area contributed by atoms with E-state index in [-0.39, 0.29) is 4.90 Å². The Kier molecular flexibility index (Phi) is 3.11. The molecular weight excluding hydrogens is 213 g/mol. The number of rotatable bonds is 1. The predicted octanol–water partition coefficient (Wildman–Crippen LogP) is 2.93. The molecule has 5 heteroatoms. The number of alkyl halides is 3. The third-order valence-electron chi connectivity index (χ3n) is 1.62. The monoisotopic (exact) mass is 222 g/mol. The molecule has 1 atom stereocenters. The van der Waals surface area contributed by atoms with Crippen molar-refractivity contribution in [2.75, 3.05) is 0 Å². The zero-order valence-corrected chi connectivity index (χ0v) is 8.50. The van der Waals surface area contributed by atoms with Crippen molar-refractivity contribution in [1.82, 2.24) is 0 Å². The van der Waals surface area contributed by atoms with Gasteiger partial charge in [0.15, 0.2) is 4.90 Å². The summed E-state index contributed by atoms with van der Waals surface area (Å²) in [6.07, 6.45) is 0. The molecule has 1 aromatic carbocycles. The Hall–Kier alpha value is -0.680. The second-order valence-corrected chi connectivity index (χ2v) is 4.51. The van der Waals surface area contributed by atoms with Crippen LogP contribution >= 0.6 is 0 Å². The van der Waals surface area contributed by atoms with E-state index in [0.717, 1.165) is 0 Å². The maximum absolute atomic E-state index is 12.1. The van der Waals surface area contributed by atoms with Crippen molar-refractivity contribution in [2.24, 2.45) is 0 Å². The minimum Gasteiger partial charge on any atom is -0.604 e. The molecule has 0 N–H and O–H groups in total. The quantitative estimate of drug-likeness (QED) is 0.670. The first kappa shape index (κ1) is 11.4. The minimum atomic E-state index is -4.68. The molecule has 0 aliphatic carbocycles. The second-order valence-electron chi connectivity index (χ2n) is 3.04. The Morgan fingerprint density at radius 3 is 1.86 bits per heavy atom. The molecule has 14 heavy (non-hydrogen) atoms. The predicted molar refractivity (Wildman–Crippen MR) is 48.4 cm³/mol. The Labute approximate surface area is 83.1 Å². The fraction of sp³-hybridized carbons (Fsp3) is 0.333. The molecule has 0 fully saturated rings. The van der Waals surface area contributed by atoms with Crippen molar-refractivity contribution < 1.29 is 17.7 Å². The molecule has 0 saturated carbocycles. The van der Waals surface area contributed by atoms with Gasteiger partial charge >= 0.3 is 5.51 Å². The van der Waals surface area contributed by atoms with Crippen LogP contribution < -0.4 is 0 Å². The lowest BCUT2D eigenvalue weighted by Crippen LogP contribution is -2.23. The smallest absolute Gasteiger partial charge is 0.578 e. The van der Waals surface area contributed by atoms with E-state index in [1.807, 2.05) is 0 Å². The molecule has 78 valence electrons. The maximum atomic E-state index is 12.1. The lowest BCUT2D eigenvalue weighted by atomic mass is 10.2. The molecule has 0 heterocycles. The van der Waals surface area contributed by atoms with Crippen molar-refractivity contribution in [1.29, 1.82) is 0 Å². The molecule has 0 bridgehead atoms. The Balaban J connectivity index is 3.07. The minimum absolute atomic E-state index is 0.185. The zero-order chi connectivity index (χ0) is 10.9. The summed E-state index contributed by atoms with van der Waals surface area (Å²) in [6.45, 7) is 3.34. The second kappa shape index (κ2) is 3.82. The Bertz CT molecular complexity index is 315. The van der Waals surface area contributed by atoms with Gasteiger partial charge in [0.1, 0.15) is 0 Å². The maximum Gasteiger partial charge on any atom is 0.578 e. The largest absolute Gasteiger partial charge is 0.604 e. The van der Waals surface area contributed by atoms with Crippen molar-refractivity contribution >= 4 is 11.2 Å². The zero-order valence-electron chi connectivity index (χ0n) is 7.68. The first-order chi connectivity index (χ1) is 6.30. The molecule has 1 rings (SSSR count). The van der Waals surface area contributed by atoms with Crippen LogP contribution in [0.2, 0.25) is 0 Å².